The molecule has 4 N–H and O–H groups in total. The summed E-state index contributed by atoms with van der Waals surface area (Å²) >= 11 is 0. The van der Waals surface area contributed by atoms with Crippen LogP contribution < -0.4 is 27.6 Å². The van der Waals surface area contributed by atoms with E-state index in [1.54, 1.807) is 47.4 Å². The molecule has 13 heteroatoms. The summed E-state index contributed by atoms with van der Waals surface area (Å²) in [6.07, 6.45) is -4.87. The predicted molar refractivity (Wildman–Crippen MR) is 166 cm³/mol. The maximum absolute atomic E-state index is 14.9. The number of hydrogen-bond acceptors (Lipinski definition) is 6. The monoisotopic (exact) mass is 638 g/mol. The van der Waals surface area contributed by atoms with Crippen molar-refractivity contribution in [2.24, 2.45) is 11.5 Å². The van der Waals surface area contributed by atoms with E-state index >= 15 is 0 Å². The van der Waals surface area contributed by atoms with E-state index in [-0.39, 0.29) is 17.9 Å². The van der Waals surface area contributed by atoms with E-state index in [0.29, 0.717) is 43.9 Å². The van der Waals surface area contributed by atoms with Gasteiger partial charge in [0.2, 0.25) is 5.91 Å². The Morgan fingerprint density at radius 1 is 0.870 bits per heavy atom. The lowest BCUT2D eigenvalue weighted by molar-refractivity contribution is -0.138. The second-order valence-corrected chi connectivity index (χ2v) is 11.3. The van der Waals surface area contributed by atoms with Gasteiger partial charge in [-0.1, -0.05) is 54.6 Å². The molecule has 0 bridgehead atoms. The quantitative estimate of drug-likeness (QED) is 0.270. The van der Waals surface area contributed by atoms with E-state index < -0.39 is 52.9 Å². The first-order valence-electron chi connectivity index (χ1n) is 14.7. The lowest BCUT2D eigenvalue weighted by Crippen LogP contribution is -2.51. The summed E-state index contributed by atoms with van der Waals surface area (Å²) in [5.74, 6) is -1.66. The molecule has 1 atom stereocenters. The van der Waals surface area contributed by atoms with Crippen molar-refractivity contribution in [3.63, 3.8) is 0 Å². The molecule has 1 saturated heterocycles. The Hall–Kier alpha value is -4.75. The van der Waals surface area contributed by atoms with Crippen LogP contribution in [0, 0.1) is 12.7 Å². The van der Waals surface area contributed by atoms with Crippen LogP contribution in [0.15, 0.2) is 82.4 Å². The first-order valence-corrected chi connectivity index (χ1v) is 14.7. The van der Waals surface area contributed by atoms with Crippen molar-refractivity contribution in [3.05, 3.63) is 133 Å². The predicted octanol–water partition coefficient (Wildman–Crippen LogP) is 3.65. The number of benzene rings is 3. The van der Waals surface area contributed by atoms with E-state index in [9.17, 15) is 31.9 Å². The van der Waals surface area contributed by atoms with E-state index in [1.807, 2.05) is 12.1 Å². The lowest BCUT2D eigenvalue weighted by atomic mass is 10.1. The van der Waals surface area contributed by atoms with Crippen LogP contribution in [0.4, 0.5) is 23.2 Å². The maximum Gasteiger partial charge on any atom is 0.416 e. The Bertz CT molecular complexity index is 1850. The molecule has 0 saturated carbocycles. The zero-order valence-corrected chi connectivity index (χ0v) is 25.1. The van der Waals surface area contributed by atoms with Crippen molar-refractivity contribution in [1.82, 2.24) is 14.0 Å². The first-order chi connectivity index (χ1) is 21.9. The summed E-state index contributed by atoms with van der Waals surface area (Å²) in [6, 6.07) is 17.7. The highest BCUT2D eigenvalue weighted by molar-refractivity contribution is 5.94. The molecule has 0 aliphatic carbocycles. The average Bonchev–Trinajstić information content (AvgIpc) is 3.03. The fourth-order valence-electron chi connectivity index (χ4n) is 5.91. The number of nitrogens with zero attached hydrogens (tertiary/aromatic N) is 4. The van der Waals surface area contributed by atoms with Crippen LogP contribution in [0.5, 0.6) is 0 Å². The molecule has 46 heavy (non-hydrogen) atoms. The number of carbonyl (C=O) groups is 1. The Balaban J connectivity index is 1.53. The maximum atomic E-state index is 14.9. The fraction of sp³-hybridized carbons (Fsp3) is 0.303. The van der Waals surface area contributed by atoms with Crippen molar-refractivity contribution in [1.29, 1.82) is 0 Å². The number of anilines is 1. The van der Waals surface area contributed by atoms with Gasteiger partial charge in [0.15, 0.2) is 0 Å². The van der Waals surface area contributed by atoms with Gasteiger partial charge in [-0.15, -0.1) is 0 Å². The van der Waals surface area contributed by atoms with Crippen molar-refractivity contribution < 1.29 is 22.4 Å². The second kappa shape index (κ2) is 13.3. The fourth-order valence-corrected chi connectivity index (χ4v) is 5.91. The van der Waals surface area contributed by atoms with E-state index in [1.165, 1.54) is 6.92 Å². The van der Waals surface area contributed by atoms with Crippen LogP contribution in [0.3, 0.4) is 0 Å². The number of carbonyl (C=O) groups excluding carboxylic acids is 1. The molecular weight excluding hydrogens is 604 g/mol. The smallest absolute Gasteiger partial charge is 0.366 e. The number of alkyl halides is 3. The molecule has 1 aliphatic heterocycles. The molecule has 1 fully saturated rings. The van der Waals surface area contributed by atoms with Crippen LogP contribution in [0.2, 0.25) is 0 Å². The molecule has 0 radical (unpaired) electrons. The van der Waals surface area contributed by atoms with E-state index in [2.05, 4.69) is 4.90 Å². The molecule has 0 spiro atoms. The molecule has 1 aromatic heterocycles. The van der Waals surface area contributed by atoms with Gasteiger partial charge in [-0.25, -0.2) is 9.18 Å². The summed E-state index contributed by atoms with van der Waals surface area (Å²) in [7, 11) is 0. The molecule has 1 aliphatic rings. The first kappa shape index (κ1) is 32.6. The third kappa shape index (κ3) is 6.75. The van der Waals surface area contributed by atoms with Crippen LogP contribution in [0.1, 0.15) is 44.3 Å². The third-order valence-corrected chi connectivity index (χ3v) is 8.37. The number of halogens is 4. The van der Waals surface area contributed by atoms with Gasteiger partial charge in [0, 0.05) is 55.6 Å². The number of amides is 1. The number of nitrogens with two attached hydrogens (primary N) is 2. The van der Waals surface area contributed by atoms with Gasteiger partial charge in [0.1, 0.15) is 11.5 Å². The molecule has 2 heterocycles. The normalized spacial score (nSPS) is 14.8. The third-order valence-electron chi connectivity index (χ3n) is 8.37. The number of rotatable bonds is 9. The number of aromatic nitrogens is 2. The van der Waals surface area contributed by atoms with E-state index in [4.69, 9.17) is 11.5 Å². The molecular formula is C33H34F4N6O3. The van der Waals surface area contributed by atoms with Crippen LogP contribution in [0.25, 0.3) is 0 Å². The zero-order chi connectivity index (χ0) is 33.2. The standard InChI is InChI=1S/C33H34F4N6O3/c1-21-29(41-16-14-40(15-17-41)18-23-10-5-6-11-24(23)30(39)44)31(45)43(20-28(38)22-8-3-2-4-9-22)32(46)42(21)19-25-26(33(35,36)37)12-7-13-27(25)34/h2-13,28H,14-20,38H2,1H3,(H2,39,44). The van der Waals surface area contributed by atoms with E-state index in [0.717, 1.165) is 32.9 Å². The van der Waals surface area contributed by atoms with Gasteiger partial charge in [0.05, 0.1) is 18.7 Å². The molecule has 9 nitrogen and oxygen atoms in total. The topological polar surface area (TPSA) is 120 Å². The van der Waals surface area contributed by atoms with Crippen LogP contribution in [-0.4, -0.2) is 46.1 Å². The van der Waals surface area contributed by atoms with Crippen molar-refractivity contribution in [3.8, 4) is 0 Å². The van der Waals surface area contributed by atoms with Crippen LogP contribution >= 0.6 is 0 Å². The molecule has 1 unspecified atom stereocenters. The Morgan fingerprint density at radius 2 is 1.52 bits per heavy atom. The lowest BCUT2D eigenvalue weighted by Gasteiger charge is -2.37. The second-order valence-electron chi connectivity index (χ2n) is 11.3. The zero-order valence-electron chi connectivity index (χ0n) is 25.1. The summed E-state index contributed by atoms with van der Waals surface area (Å²) in [5.41, 5.74) is 10.6. The highest BCUT2D eigenvalue weighted by Crippen LogP contribution is 2.33. The van der Waals surface area contributed by atoms with Gasteiger partial charge in [-0.05, 0) is 36.2 Å². The Labute approximate surface area is 262 Å². The highest BCUT2D eigenvalue weighted by Gasteiger charge is 2.35. The van der Waals surface area contributed by atoms with Gasteiger partial charge in [0.25, 0.3) is 5.56 Å². The minimum absolute atomic E-state index is 0.114. The average molecular weight is 639 g/mol. The SMILES string of the molecule is Cc1c(N2CCN(Cc3ccccc3C(N)=O)CC2)c(=O)n(CC(N)c2ccccc2)c(=O)n1Cc1c(F)cccc1C(F)(F)F. The molecule has 242 valence electrons. The van der Waals surface area contributed by atoms with Crippen molar-refractivity contribution >= 4 is 11.6 Å². The van der Waals surface area contributed by atoms with Crippen molar-refractivity contribution in [2.75, 3.05) is 31.1 Å². The molecule has 3 aromatic carbocycles. The largest absolute Gasteiger partial charge is 0.416 e. The van der Waals surface area contributed by atoms with Gasteiger partial charge >= 0.3 is 11.9 Å². The summed E-state index contributed by atoms with van der Waals surface area (Å²) in [4.78, 5) is 43.6. The summed E-state index contributed by atoms with van der Waals surface area (Å²) < 4.78 is 58.6. The van der Waals surface area contributed by atoms with Crippen LogP contribution in [-0.2, 0) is 25.8 Å². The highest BCUT2D eigenvalue weighted by atomic mass is 19.4. The number of hydrogen-bond donors (Lipinski definition) is 2. The Kier molecular flexibility index (Phi) is 9.44. The summed E-state index contributed by atoms with van der Waals surface area (Å²) in [5, 5.41) is 0. The molecule has 1 amide bonds. The minimum atomic E-state index is -4.87. The minimum Gasteiger partial charge on any atom is -0.366 e. The number of piperazine rings is 1. The molecule has 5 rings (SSSR count). The van der Waals surface area contributed by atoms with Gasteiger partial charge < -0.3 is 16.4 Å². The number of primary amides is 1. The molecule has 4 aromatic rings. The van der Waals surface area contributed by atoms with Gasteiger partial charge in [-0.3, -0.25) is 23.6 Å². The van der Waals surface area contributed by atoms with Crippen molar-refractivity contribution in [2.45, 2.75) is 38.8 Å². The Morgan fingerprint density at radius 3 is 2.17 bits per heavy atom. The summed E-state index contributed by atoms with van der Waals surface area (Å²) in [6.45, 7) is 2.54. The van der Waals surface area contributed by atoms with Gasteiger partial charge in [-0.2, -0.15) is 13.2 Å².